The molecule has 147 valence electrons. The molecule has 9 heteroatoms. The van der Waals surface area contributed by atoms with E-state index in [1.54, 1.807) is 12.1 Å². The van der Waals surface area contributed by atoms with Crippen molar-refractivity contribution in [3.63, 3.8) is 0 Å². The predicted octanol–water partition coefficient (Wildman–Crippen LogP) is 5.66. The second-order valence-corrected chi connectivity index (χ2v) is 9.12. The van der Waals surface area contributed by atoms with Gasteiger partial charge in [0.1, 0.15) is 21.5 Å². The van der Waals surface area contributed by atoms with E-state index >= 15 is 0 Å². The van der Waals surface area contributed by atoms with E-state index in [0.717, 1.165) is 41.2 Å². The summed E-state index contributed by atoms with van der Waals surface area (Å²) >= 11 is 3.08. The normalized spacial score (nSPS) is 10.5. The molecule has 3 radical (unpaired) electrons. The first-order valence-corrected chi connectivity index (χ1v) is 11.0. The second kappa shape index (κ2) is 11.1. The molecule has 4 nitrogen and oxygen atoms in total. The number of benzene rings is 4. The second-order valence-electron chi connectivity index (χ2n) is 7.06. The Morgan fingerprint density at radius 2 is 0.939 bits per heavy atom. The summed E-state index contributed by atoms with van der Waals surface area (Å²) in [6.07, 6.45) is 0. The first kappa shape index (κ1) is 27.1. The van der Waals surface area contributed by atoms with Gasteiger partial charge >= 0.3 is 0 Å². The van der Waals surface area contributed by atoms with E-state index in [2.05, 4.69) is 9.97 Å². The molecule has 33 heavy (non-hydrogen) atoms. The monoisotopic (exact) mass is 495 g/mol. The van der Waals surface area contributed by atoms with Gasteiger partial charge in [-0.3, -0.25) is 0 Å². The topological polar surface area (TPSA) is 66.2 Å². The van der Waals surface area contributed by atoms with E-state index in [-0.39, 0.29) is 100 Å². The van der Waals surface area contributed by atoms with Gasteiger partial charge in [-0.25, -0.2) is 9.97 Å². The van der Waals surface area contributed by atoms with Crippen molar-refractivity contribution >= 4 is 143 Å². The zero-order valence-electron chi connectivity index (χ0n) is 18.5. The van der Waals surface area contributed by atoms with Gasteiger partial charge in [-0.05, 0) is 59.3 Å². The van der Waals surface area contributed by atoms with Gasteiger partial charge in [0.15, 0.2) is 0 Å². The first-order chi connectivity index (χ1) is 14.7. The summed E-state index contributed by atoms with van der Waals surface area (Å²) in [6, 6.07) is 23.0. The van der Waals surface area contributed by atoms with Crippen molar-refractivity contribution in [2.75, 3.05) is 0 Å². The number of aromatic hydroxyl groups is 2. The summed E-state index contributed by atoms with van der Waals surface area (Å²) in [5.74, 6) is 0.338. The Morgan fingerprint density at radius 3 is 1.33 bits per heavy atom. The molecule has 0 aliphatic rings. The van der Waals surface area contributed by atoms with Gasteiger partial charge in [0, 0.05) is 88.7 Å². The fourth-order valence-corrected chi connectivity index (χ4v) is 5.62. The Labute approximate surface area is 264 Å². The van der Waals surface area contributed by atoms with Gasteiger partial charge in [-0.2, -0.15) is 0 Å². The number of hydrogen-bond acceptors (Lipinski definition) is 6. The molecular weight excluding hydrogens is 481 g/mol. The van der Waals surface area contributed by atoms with Crippen LogP contribution in [0.1, 0.15) is 0 Å². The van der Waals surface area contributed by atoms with E-state index in [1.165, 1.54) is 22.7 Å². The predicted molar refractivity (Wildman–Crippen MR) is 142 cm³/mol. The molecule has 0 atom stereocenters. The Morgan fingerprint density at radius 1 is 0.545 bits per heavy atom. The average Bonchev–Trinajstić information content (AvgIpc) is 3.37. The molecule has 6 aromatic rings. The Hall–Kier alpha value is -0.480. The molecule has 2 heterocycles. The summed E-state index contributed by atoms with van der Waals surface area (Å²) in [5.41, 5.74) is 3.14. The minimum atomic E-state index is 0. The molecular formula is C24H14N2Na3O2S2. The molecule has 4 aromatic carbocycles. The molecule has 2 aromatic heterocycles. The molecule has 0 saturated heterocycles. The number of phenols is 2. The van der Waals surface area contributed by atoms with Crippen molar-refractivity contribution < 1.29 is 10.2 Å². The number of rotatable bonds is 2. The molecule has 0 aliphatic heterocycles. The zero-order chi connectivity index (χ0) is 20.2. The minimum Gasteiger partial charge on any atom is -0.507 e. The molecule has 0 bridgehead atoms. The van der Waals surface area contributed by atoms with Crippen molar-refractivity contribution in [1.29, 1.82) is 0 Å². The van der Waals surface area contributed by atoms with Gasteiger partial charge in [0.2, 0.25) is 0 Å². The van der Waals surface area contributed by atoms with Gasteiger partial charge in [0.25, 0.3) is 0 Å². The van der Waals surface area contributed by atoms with E-state index in [0.29, 0.717) is 11.1 Å². The van der Waals surface area contributed by atoms with Gasteiger partial charge < -0.3 is 10.2 Å². The zero-order valence-corrected chi connectivity index (χ0v) is 26.2. The van der Waals surface area contributed by atoms with Crippen LogP contribution in [0.2, 0.25) is 0 Å². The van der Waals surface area contributed by atoms with Crippen LogP contribution >= 0.6 is 22.7 Å². The number of phenolic OH excluding ortho intramolecular Hbond substituents is 2. The fraction of sp³-hybridized carbons (Fsp3) is 0. The molecule has 0 amide bonds. The van der Waals surface area contributed by atoms with Crippen molar-refractivity contribution in [1.82, 2.24) is 9.97 Å². The smallest absolute Gasteiger partial charge is 0.128 e. The minimum absolute atomic E-state index is 0. The fourth-order valence-electron chi connectivity index (χ4n) is 3.64. The molecule has 0 spiro atoms. The van der Waals surface area contributed by atoms with Gasteiger partial charge in [0.05, 0.1) is 31.6 Å². The number of para-hydroxylation sites is 2. The van der Waals surface area contributed by atoms with Crippen molar-refractivity contribution in [3.8, 4) is 32.6 Å². The summed E-state index contributed by atoms with van der Waals surface area (Å²) in [4.78, 5) is 9.30. The van der Waals surface area contributed by atoms with Crippen molar-refractivity contribution in [3.05, 3.63) is 72.8 Å². The van der Waals surface area contributed by atoms with Crippen LogP contribution in [0.25, 0.3) is 52.3 Å². The van der Waals surface area contributed by atoms with Gasteiger partial charge in [-0.1, -0.05) is 24.3 Å². The molecule has 2 N–H and O–H groups in total. The SMILES string of the molecule is Oc1cc2cc(-c3nc4ccccc4s3)c(O)cc2cc1-c1nc2ccccc2s1.[Na].[Na].[Na]. The maximum atomic E-state index is 10.7. The van der Waals surface area contributed by atoms with E-state index in [9.17, 15) is 10.2 Å². The van der Waals surface area contributed by atoms with Crippen LogP contribution in [0.5, 0.6) is 11.5 Å². The quantitative estimate of drug-likeness (QED) is 0.304. The number of aromatic nitrogens is 2. The van der Waals surface area contributed by atoms with E-state index < -0.39 is 0 Å². The average molecular weight is 495 g/mol. The maximum Gasteiger partial charge on any atom is 0.128 e. The Balaban J connectivity index is 0.00000102. The summed E-state index contributed by atoms with van der Waals surface area (Å²) in [5, 5.41) is 24.6. The summed E-state index contributed by atoms with van der Waals surface area (Å²) < 4.78 is 2.14. The molecule has 0 unspecified atom stereocenters. The van der Waals surface area contributed by atoms with Crippen molar-refractivity contribution in [2.24, 2.45) is 0 Å². The van der Waals surface area contributed by atoms with E-state index in [4.69, 9.17) is 0 Å². The van der Waals surface area contributed by atoms with Crippen LogP contribution in [0.15, 0.2) is 72.8 Å². The van der Waals surface area contributed by atoms with Crippen LogP contribution in [0.4, 0.5) is 0 Å². The molecule has 0 aliphatic carbocycles. The summed E-state index contributed by atoms with van der Waals surface area (Å²) in [7, 11) is 0. The Bertz CT molecular complexity index is 1410. The third-order valence-electron chi connectivity index (χ3n) is 5.12. The van der Waals surface area contributed by atoms with Crippen LogP contribution in [-0.4, -0.2) is 109 Å². The number of nitrogens with zero attached hydrogens (tertiary/aromatic N) is 2. The molecule has 0 saturated carbocycles. The molecule has 0 fully saturated rings. The third kappa shape index (κ3) is 5.08. The Kier molecular flexibility index (Phi) is 9.09. The standard InChI is InChI=1S/C24H14N2O2S2.3Na/c27-19-11-14-10-16(24-26-18-6-2-4-8-22(18)30-24)20(28)12-13(14)9-15(19)23-25-17-5-1-3-7-21(17)29-23;;;/h1-12,27-28H;;;. The maximum absolute atomic E-state index is 10.7. The third-order valence-corrected chi connectivity index (χ3v) is 7.26. The number of hydrogen-bond donors (Lipinski definition) is 2. The summed E-state index contributed by atoms with van der Waals surface area (Å²) in [6.45, 7) is 0. The van der Waals surface area contributed by atoms with Crippen molar-refractivity contribution in [2.45, 2.75) is 0 Å². The van der Waals surface area contributed by atoms with Crippen LogP contribution in [0, 0.1) is 0 Å². The van der Waals surface area contributed by atoms with Crippen LogP contribution in [-0.2, 0) is 0 Å². The molecule has 6 rings (SSSR count). The first-order valence-electron chi connectivity index (χ1n) is 9.37. The van der Waals surface area contributed by atoms with E-state index in [1.807, 2.05) is 60.7 Å². The van der Waals surface area contributed by atoms with Crippen LogP contribution in [0.3, 0.4) is 0 Å². The number of thiazole rings is 2. The van der Waals surface area contributed by atoms with Crippen LogP contribution < -0.4 is 0 Å². The van der Waals surface area contributed by atoms with Gasteiger partial charge in [-0.15, -0.1) is 22.7 Å². The largest absolute Gasteiger partial charge is 0.507 e. The number of fused-ring (bicyclic) bond motifs is 3.